The van der Waals surface area contributed by atoms with Crippen molar-refractivity contribution in [3.63, 3.8) is 0 Å². The molecule has 1 heterocycles. The first kappa shape index (κ1) is 19.3. The molecular weight excluding hydrogens is 378 g/mol. The van der Waals surface area contributed by atoms with Crippen LogP contribution in [-0.4, -0.2) is 22.7 Å². The van der Waals surface area contributed by atoms with Crippen molar-refractivity contribution in [3.05, 3.63) is 112 Å². The average Bonchev–Trinajstić information content (AvgIpc) is 2.79. The lowest BCUT2D eigenvalue weighted by molar-refractivity contribution is 0.0951. The van der Waals surface area contributed by atoms with Gasteiger partial charge < -0.3 is 15.8 Å². The Hall–Kier alpha value is -4.06. The van der Waals surface area contributed by atoms with E-state index in [1.165, 1.54) is 24.0 Å². The molecule has 0 saturated heterocycles. The second kappa shape index (κ2) is 8.13. The topological polar surface area (TPSA) is 83.4 Å². The van der Waals surface area contributed by atoms with E-state index >= 15 is 0 Å². The van der Waals surface area contributed by atoms with E-state index in [1.807, 2.05) is 72.8 Å². The van der Waals surface area contributed by atoms with Gasteiger partial charge >= 0.3 is 0 Å². The lowest BCUT2D eigenvalue weighted by atomic mass is 9.94. The molecule has 3 N–H and O–H groups in total. The summed E-state index contributed by atoms with van der Waals surface area (Å²) in [6.45, 7) is 0. The Kier molecular flexibility index (Phi) is 5.22. The zero-order chi connectivity index (χ0) is 21.1. The molecule has 4 aromatic rings. The fraction of sp³-hybridized carbons (Fsp3) is 0.0833. The number of nitrogens with zero attached hydrogens (tertiary/aromatic N) is 1. The third-order valence-corrected chi connectivity index (χ3v) is 5.05. The maximum Gasteiger partial charge on any atom is 0.273 e. The van der Waals surface area contributed by atoms with Crippen LogP contribution < -0.4 is 16.2 Å². The summed E-state index contributed by atoms with van der Waals surface area (Å²) in [6.07, 6.45) is 1.45. The minimum atomic E-state index is -0.618. The third-order valence-electron chi connectivity index (χ3n) is 5.05. The summed E-state index contributed by atoms with van der Waals surface area (Å²) in [5.41, 5.74) is 4.52. The number of carbonyl (C=O) groups excluding carboxylic acids is 1. The van der Waals surface area contributed by atoms with E-state index in [9.17, 15) is 14.7 Å². The van der Waals surface area contributed by atoms with Gasteiger partial charge in [-0.15, -0.1) is 0 Å². The summed E-state index contributed by atoms with van der Waals surface area (Å²) in [7, 11) is 1.45. The first-order chi connectivity index (χ1) is 14.6. The standard InChI is InChI=1S/C24H21N3O3/c1-25-24(30)22-23(29)20(28)14-15-27(22)26-21(17-9-3-2-4-10-17)19-13-7-11-16-8-5-6-12-18(16)19/h2-15,21,26,29H,1H3,(H,25,30). The van der Waals surface area contributed by atoms with Crippen LogP contribution in [0, 0.1) is 0 Å². The van der Waals surface area contributed by atoms with E-state index in [1.54, 1.807) is 0 Å². The normalized spacial score (nSPS) is 11.8. The third kappa shape index (κ3) is 3.51. The maximum atomic E-state index is 12.4. The SMILES string of the molecule is CNC(=O)c1c(O)c(=O)ccn1NC(c1ccccc1)c1cccc2ccccc12. The largest absolute Gasteiger partial charge is 0.502 e. The number of aromatic nitrogens is 1. The fourth-order valence-electron chi connectivity index (χ4n) is 3.58. The van der Waals surface area contributed by atoms with Gasteiger partial charge in [-0.2, -0.15) is 0 Å². The number of pyridine rings is 1. The molecule has 1 amide bonds. The van der Waals surface area contributed by atoms with E-state index in [-0.39, 0.29) is 11.7 Å². The molecule has 0 aliphatic carbocycles. The van der Waals surface area contributed by atoms with Gasteiger partial charge in [0.25, 0.3) is 5.91 Å². The van der Waals surface area contributed by atoms with E-state index in [0.717, 1.165) is 21.9 Å². The number of hydrogen-bond donors (Lipinski definition) is 3. The number of rotatable bonds is 5. The lowest BCUT2D eigenvalue weighted by Gasteiger charge is -2.25. The quantitative estimate of drug-likeness (QED) is 0.480. The first-order valence-electron chi connectivity index (χ1n) is 9.56. The summed E-state index contributed by atoms with van der Waals surface area (Å²) >= 11 is 0. The van der Waals surface area contributed by atoms with Crippen molar-refractivity contribution in [2.75, 3.05) is 12.5 Å². The van der Waals surface area contributed by atoms with Gasteiger partial charge in [0.15, 0.2) is 11.4 Å². The molecule has 1 aromatic heterocycles. The van der Waals surface area contributed by atoms with Crippen molar-refractivity contribution in [1.29, 1.82) is 0 Å². The molecule has 0 bridgehead atoms. The van der Waals surface area contributed by atoms with Crippen molar-refractivity contribution >= 4 is 16.7 Å². The molecule has 30 heavy (non-hydrogen) atoms. The molecule has 4 rings (SSSR count). The second-order valence-corrected chi connectivity index (χ2v) is 6.87. The maximum absolute atomic E-state index is 12.4. The molecule has 0 radical (unpaired) electrons. The first-order valence-corrected chi connectivity index (χ1v) is 9.56. The molecule has 0 spiro atoms. The zero-order valence-electron chi connectivity index (χ0n) is 16.4. The number of aromatic hydroxyl groups is 1. The summed E-state index contributed by atoms with van der Waals surface area (Å²) < 4.78 is 1.40. The van der Waals surface area contributed by atoms with Crippen LogP contribution in [0.2, 0.25) is 0 Å². The molecule has 6 heteroatoms. The molecule has 0 aliphatic rings. The van der Waals surface area contributed by atoms with Crippen LogP contribution in [0.3, 0.4) is 0 Å². The van der Waals surface area contributed by atoms with Crippen LogP contribution in [0.1, 0.15) is 27.7 Å². The highest BCUT2D eigenvalue weighted by molar-refractivity contribution is 5.95. The summed E-state index contributed by atoms with van der Waals surface area (Å²) in [6, 6.07) is 24.8. The van der Waals surface area contributed by atoms with Gasteiger partial charge in [0.1, 0.15) is 0 Å². The van der Waals surface area contributed by atoms with Gasteiger partial charge in [-0.25, -0.2) is 0 Å². The van der Waals surface area contributed by atoms with E-state index < -0.39 is 17.1 Å². The summed E-state index contributed by atoms with van der Waals surface area (Å²) in [5, 5.41) is 14.9. The van der Waals surface area contributed by atoms with E-state index in [0.29, 0.717) is 0 Å². The Morgan fingerprint density at radius 1 is 0.933 bits per heavy atom. The number of nitrogens with one attached hydrogen (secondary N) is 2. The van der Waals surface area contributed by atoms with Crippen molar-refractivity contribution in [2.45, 2.75) is 6.04 Å². The Bertz CT molecular complexity index is 1260. The minimum absolute atomic E-state index is 0.147. The molecule has 0 saturated carbocycles. The molecule has 0 aliphatic heterocycles. The Balaban J connectivity index is 1.91. The van der Waals surface area contributed by atoms with Crippen molar-refractivity contribution < 1.29 is 9.90 Å². The van der Waals surface area contributed by atoms with Crippen LogP contribution in [0.25, 0.3) is 10.8 Å². The zero-order valence-corrected chi connectivity index (χ0v) is 16.4. The molecule has 0 fully saturated rings. The highest BCUT2D eigenvalue weighted by Crippen LogP contribution is 2.30. The predicted octanol–water partition coefficient (Wildman–Crippen LogP) is 3.40. The summed E-state index contributed by atoms with van der Waals surface area (Å²) in [4.78, 5) is 24.3. The van der Waals surface area contributed by atoms with Crippen molar-refractivity contribution in [1.82, 2.24) is 9.99 Å². The smallest absolute Gasteiger partial charge is 0.273 e. The summed E-state index contributed by atoms with van der Waals surface area (Å²) in [5.74, 6) is -1.17. The Morgan fingerprint density at radius 3 is 2.40 bits per heavy atom. The van der Waals surface area contributed by atoms with Gasteiger partial charge in [-0.1, -0.05) is 72.8 Å². The van der Waals surface area contributed by atoms with Crippen molar-refractivity contribution in [3.8, 4) is 5.75 Å². The molecule has 1 unspecified atom stereocenters. The average molecular weight is 399 g/mol. The van der Waals surface area contributed by atoms with E-state index in [2.05, 4.69) is 10.7 Å². The minimum Gasteiger partial charge on any atom is -0.502 e. The molecule has 150 valence electrons. The predicted molar refractivity (Wildman–Crippen MR) is 117 cm³/mol. The van der Waals surface area contributed by atoms with Crippen LogP contribution in [0.15, 0.2) is 89.9 Å². The molecule has 3 aromatic carbocycles. The number of amides is 1. The van der Waals surface area contributed by atoms with Crippen LogP contribution in [0.4, 0.5) is 0 Å². The van der Waals surface area contributed by atoms with Crippen LogP contribution in [-0.2, 0) is 0 Å². The molecule has 6 nitrogen and oxygen atoms in total. The van der Waals surface area contributed by atoms with Gasteiger partial charge in [-0.3, -0.25) is 14.3 Å². The van der Waals surface area contributed by atoms with Gasteiger partial charge in [-0.05, 0) is 21.9 Å². The van der Waals surface area contributed by atoms with Crippen molar-refractivity contribution in [2.24, 2.45) is 0 Å². The number of fused-ring (bicyclic) bond motifs is 1. The van der Waals surface area contributed by atoms with Crippen LogP contribution in [0.5, 0.6) is 5.75 Å². The number of hydrogen-bond acceptors (Lipinski definition) is 4. The van der Waals surface area contributed by atoms with Crippen LogP contribution >= 0.6 is 0 Å². The molecular formula is C24H21N3O3. The Labute approximate surface area is 173 Å². The number of carbonyl (C=O) groups is 1. The monoisotopic (exact) mass is 399 g/mol. The Morgan fingerprint density at radius 2 is 1.63 bits per heavy atom. The molecule has 1 atom stereocenters. The van der Waals surface area contributed by atoms with Gasteiger partial charge in [0.2, 0.25) is 5.43 Å². The van der Waals surface area contributed by atoms with E-state index in [4.69, 9.17) is 0 Å². The van der Waals surface area contributed by atoms with Gasteiger partial charge in [0, 0.05) is 19.3 Å². The highest BCUT2D eigenvalue weighted by atomic mass is 16.3. The lowest BCUT2D eigenvalue weighted by Crippen LogP contribution is -2.32. The fourth-order valence-corrected chi connectivity index (χ4v) is 3.58. The highest BCUT2D eigenvalue weighted by Gasteiger charge is 2.22. The second-order valence-electron chi connectivity index (χ2n) is 6.87. The number of benzene rings is 3. The van der Waals surface area contributed by atoms with Gasteiger partial charge in [0.05, 0.1) is 6.04 Å².